The molecule has 1 aromatic heterocycles. The van der Waals surface area contributed by atoms with Gasteiger partial charge >= 0.3 is 0 Å². The number of nitrogens with zero attached hydrogens (tertiary/aromatic N) is 3. The summed E-state index contributed by atoms with van der Waals surface area (Å²) in [6.45, 7) is 3.93. The van der Waals surface area contributed by atoms with E-state index < -0.39 is 0 Å². The number of rotatable bonds is 5. The molecule has 0 radical (unpaired) electrons. The molecule has 0 saturated carbocycles. The van der Waals surface area contributed by atoms with Crippen molar-refractivity contribution in [2.24, 2.45) is 5.10 Å². The normalized spacial score (nSPS) is 11.0. The van der Waals surface area contributed by atoms with E-state index in [-0.39, 0.29) is 0 Å². The smallest absolute Gasteiger partial charge is 0.150 e. The Labute approximate surface area is 147 Å². The van der Waals surface area contributed by atoms with Crippen LogP contribution in [0, 0.1) is 13.8 Å². The van der Waals surface area contributed by atoms with Gasteiger partial charge in [-0.05, 0) is 25.5 Å². The van der Waals surface area contributed by atoms with Crippen molar-refractivity contribution in [2.75, 3.05) is 11.2 Å². The number of hydrogen-bond donors (Lipinski definition) is 2. The van der Waals surface area contributed by atoms with Gasteiger partial charge in [0.05, 0.1) is 5.69 Å². The number of aryl methyl sites for hydroxylation is 2. The van der Waals surface area contributed by atoms with Crippen LogP contribution in [0.1, 0.15) is 17.0 Å². The van der Waals surface area contributed by atoms with Gasteiger partial charge in [-0.15, -0.1) is 0 Å². The fourth-order valence-corrected chi connectivity index (χ4v) is 2.48. The van der Waals surface area contributed by atoms with Crippen molar-refractivity contribution in [1.82, 2.24) is 9.97 Å². The van der Waals surface area contributed by atoms with Gasteiger partial charge in [-0.1, -0.05) is 48.0 Å². The van der Waals surface area contributed by atoms with Gasteiger partial charge in [-0.2, -0.15) is 5.10 Å². The van der Waals surface area contributed by atoms with Crippen LogP contribution in [0.4, 0.5) is 11.5 Å². The van der Waals surface area contributed by atoms with Gasteiger partial charge in [0.25, 0.3) is 0 Å². The molecule has 0 unspecified atom stereocenters. The maximum Gasteiger partial charge on any atom is 0.150 e. The number of hydrogen-bond acceptors (Lipinski definition) is 5. The lowest BCUT2D eigenvalue weighted by molar-refractivity contribution is 1.05. The van der Waals surface area contributed by atoms with Crippen LogP contribution in [-0.2, 0) is 6.42 Å². The van der Waals surface area contributed by atoms with Gasteiger partial charge in [0, 0.05) is 30.0 Å². The van der Waals surface area contributed by atoms with Crippen LogP contribution in [0.3, 0.4) is 0 Å². The zero-order chi connectivity index (χ0) is 17.6. The number of aromatic nitrogens is 2. The molecule has 2 aromatic carbocycles. The molecule has 5 nitrogen and oxygen atoms in total. The topological polar surface area (TPSA) is 76.2 Å². The number of nitrogens with one attached hydrogen (secondary N) is 1. The second-order valence-electron chi connectivity index (χ2n) is 5.89. The standard InChI is InChI=1S/C20H21N5/c1-14-7-9-16(10-8-14)11-12-22-25-20-13-19(23-15(2)24-20)17-5-3-4-6-18(17)21/h3-10,12-13H,11,21H2,1-2H3,(H,23,24,25). The number of benzene rings is 2. The van der Waals surface area contributed by atoms with E-state index in [4.69, 9.17) is 5.73 Å². The number of hydrazone groups is 1. The molecule has 0 fully saturated rings. The summed E-state index contributed by atoms with van der Waals surface area (Å²) in [5.41, 5.74) is 13.8. The minimum absolute atomic E-state index is 0.644. The van der Waals surface area contributed by atoms with Crippen LogP contribution in [0.25, 0.3) is 11.3 Å². The molecule has 0 atom stereocenters. The highest BCUT2D eigenvalue weighted by atomic mass is 15.3. The third-order valence-corrected chi connectivity index (χ3v) is 3.79. The highest BCUT2D eigenvalue weighted by molar-refractivity contribution is 5.75. The van der Waals surface area contributed by atoms with Crippen LogP contribution < -0.4 is 11.2 Å². The van der Waals surface area contributed by atoms with Crippen molar-refractivity contribution in [3.05, 3.63) is 71.5 Å². The van der Waals surface area contributed by atoms with Crippen LogP contribution in [-0.4, -0.2) is 16.2 Å². The van der Waals surface area contributed by atoms with E-state index in [2.05, 4.69) is 51.7 Å². The predicted molar refractivity (Wildman–Crippen MR) is 104 cm³/mol. The molecule has 3 N–H and O–H groups in total. The van der Waals surface area contributed by atoms with Gasteiger partial charge in [0.1, 0.15) is 11.6 Å². The summed E-state index contributed by atoms with van der Waals surface area (Å²) in [6, 6.07) is 17.9. The van der Waals surface area contributed by atoms with Crippen LogP contribution >= 0.6 is 0 Å². The first kappa shape index (κ1) is 16.6. The van der Waals surface area contributed by atoms with E-state index in [1.54, 1.807) is 0 Å². The Hall–Kier alpha value is -3.21. The van der Waals surface area contributed by atoms with Crippen molar-refractivity contribution < 1.29 is 0 Å². The van der Waals surface area contributed by atoms with Gasteiger partial charge in [0.2, 0.25) is 0 Å². The second kappa shape index (κ2) is 7.57. The van der Waals surface area contributed by atoms with E-state index in [0.717, 1.165) is 17.7 Å². The largest absolute Gasteiger partial charge is 0.398 e. The molecular weight excluding hydrogens is 310 g/mol. The molecule has 5 heteroatoms. The molecular formula is C20H21N5. The number of para-hydroxylation sites is 1. The van der Waals surface area contributed by atoms with Crippen molar-refractivity contribution in [3.63, 3.8) is 0 Å². The van der Waals surface area contributed by atoms with E-state index in [1.807, 2.05) is 43.5 Å². The molecule has 1 heterocycles. The predicted octanol–water partition coefficient (Wildman–Crippen LogP) is 3.98. The SMILES string of the molecule is Cc1ccc(CC=NNc2cc(-c3ccccc3N)nc(C)n2)cc1. The van der Waals surface area contributed by atoms with Crippen LogP contribution in [0.15, 0.2) is 59.7 Å². The highest BCUT2D eigenvalue weighted by Gasteiger charge is 2.06. The Morgan fingerprint density at radius 2 is 1.80 bits per heavy atom. The first-order valence-electron chi connectivity index (χ1n) is 8.15. The fourth-order valence-electron chi connectivity index (χ4n) is 2.48. The molecule has 0 aliphatic heterocycles. The van der Waals surface area contributed by atoms with E-state index >= 15 is 0 Å². The summed E-state index contributed by atoms with van der Waals surface area (Å²) in [7, 11) is 0. The average Bonchev–Trinajstić information content (AvgIpc) is 2.60. The lowest BCUT2D eigenvalue weighted by Gasteiger charge is -2.07. The summed E-state index contributed by atoms with van der Waals surface area (Å²) in [5.74, 6) is 1.31. The molecule has 0 saturated heterocycles. The maximum atomic E-state index is 6.04. The molecule has 0 bridgehead atoms. The van der Waals surface area contributed by atoms with Crippen molar-refractivity contribution >= 4 is 17.7 Å². The Morgan fingerprint density at radius 1 is 1.04 bits per heavy atom. The van der Waals surface area contributed by atoms with Crippen molar-refractivity contribution in [2.45, 2.75) is 20.3 Å². The van der Waals surface area contributed by atoms with Gasteiger partial charge < -0.3 is 5.73 Å². The monoisotopic (exact) mass is 331 g/mol. The minimum atomic E-state index is 0.644. The molecule has 0 amide bonds. The lowest BCUT2D eigenvalue weighted by Crippen LogP contribution is -2.00. The summed E-state index contributed by atoms with van der Waals surface area (Å²) < 4.78 is 0. The molecule has 0 aliphatic carbocycles. The van der Waals surface area contributed by atoms with E-state index in [9.17, 15) is 0 Å². The molecule has 3 aromatic rings. The average molecular weight is 331 g/mol. The molecule has 25 heavy (non-hydrogen) atoms. The van der Waals surface area contributed by atoms with E-state index in [1.165, 1.54) is 11.1 Å². The Balaban J connectivity index is 1.71. The summed E-state index contributed by atoms with van der Waals surface area (Å²) in [4.78, 5) is 8.83. The summed E-state index contributed by atoms with van der Waals surface area (Å²) in [5, 5.41) is 4.26. The number of anilines is 2. The van der Waals surface area contributed by atoms with Crippen molar-refractivity contribution in [3.8, 4) is 11.3 Å². The Morgan fingerprint density at radius 3 is 2.56 bits per heavy atom. The summed E-state index contributed by atoms with van der Waals surface area (Å²) in [6.07, 6.45) is 2.59. The second-order valence-corrected chi connectivity index (χ2v) is 5.89. The maximum absolute atomic E-state index is 6.04. The van der Waals surface area contributed by atoms with Crippen LogP contribution in [0.2, 0.25) is 0 Å². The van der Waals surface area contributed by atoms with Crippen LogP contribution in [0.5, 0.6) is 0 Å². The van der Waals surface area contributed by atoms with Gasteiger partial charge in [-0.3, -0.25) is 5.43 Å². The third-order valence-electron chi connectivity index (χ3n) is 3.79. The third kappa shape index (κ3) is 4.41. The van der Waals surface area contributed by atoms with Crippen molar-refractivity contribution in [1.29, 1.82) is 0 Å². The minimum Gasteiger partial charge on any atom is -0.398 e. The lowest BCUT2D eigenvalue weighted by atomic mass is 10.1. The number of nitrogen functional groups attached to an aromatic ring is 1. The summed E-state index contributed by atoms with van der Waals surface area (Å²) >= 11 is 0. The first-order valence-corrected chi connectivity index (χ1v) is 8.15. The number of nitrogens with two attached hydrogens (primary N) is 1. The zero-order valence-corrected chi connectivity index (χ0v) is 14.4. The molecule has 3 rings (SSSR count). The fraction of sp³-hybridized carbons (Fsp3) is 0.150. The highest BCUT2D eigenvalue weighted by Crippen LogP contribution is 2.25. The van der Waals surface area contributed by atoms with E-state index in [0.29, 0.717) is 17.3 Å². The van der Waals surface area contributed by atoms with Gasteiger partial charge in [0.15, 0.2) is 0 Å². The molecule has 0 aliphatic rings. The molecule has 0 spiro atoms. The molecule has 126 valence electrons. The zero-order valence-electron chi connectivity index (χ0n) is 14.4. The Kier molecular flexibility index (Phi) is 5.04. The van der Waals surface area contributed by atoms with Gasteiger partial charge in [-0.25, -0.2) is 9.97 Å². The Bertz CT molecular complexity index is 885. The first-order chi connectivity index (χ1) is 12.1. The quantitative estimate of drug-likeness (QED) is 0.421.